The minimum atomic E-state index is -0.990. The fraction of sp³-hybridized carbons (Fsp3) is 0.769. The summed E-state index contributed by atoms with van der Waals surface area (Å²) < 4.78 is 0. The molecular formula is C13H23N3O4. The Hall–Kier alpha value is -1.79. The van der Waals surface area contributed by atoms with E-state index in [2.05, 4.69) is 10.6 Å². The van der Waals surface area contributed by atoms with Crippen LogP contribution in [0.2, 0.25) is 0 Å². The first kappa shape index (κ1) is 16.3. The van der Waals surface area contributed by atoms with E-state index >= 15 is 0 Å². The molecule has 20 heavy (non-hydrogen) atoms. The van der Waals surface area contributed by atoms with E-state index in [9.17, 15) is 14.4 Å². The Morgan fingerprint density at radius 2 is 1.80 bits per heavy atom. The Kier molecular flexibility index (Phi) is 5.35. The van der Waals surface area contributed by atoms with E-state index < -0.39 is 11.4 Å². The first-order valence-corrected chi connectivity index (χ1v) is 6.75. The summed E-state index contributed by atoms with van der Waals surface area (Å²) in [6, 6.07) is -0.269. The maximum absolute atomic E-state index is 11.9. The molecule has 0 spiro atoms. The number of carboxylic acids is 1. The van der Waals surface area contributed by atoms with Crippen LogP contribution in [0.4, 0.5) is 4.79 Å². The number of nitrogens with zero attached hydrogens (tertiary/aromatic N) is 1. The van der Waals surface area contributed by atoms with Crippen molar-refractivity contribution in [3.63, 3.8) is 0 Å². The SMILES string of the molecule is CNC(=O)C1CCN(C(=O)NCC(C)(C)C(=O)O)CC1. The number of carboxylic acid groups (broad SMARTS) is 1. The van der Waals surface area contributed by atoms with Gasteiger partial charge in [-0.2, -0.15) is 0 Å². The monoisotopic (exact) mass is 285 g/mol. The molecule has 0 bridgehead atoms. The van der Waals surface area contributed by atoms with E-state index in [1.807, 2.05) is 0 Å². The lowest BCUT2D eigenvalue weighted by molar-refractivity contribution is -0.146. The maximum atomic E-state index is 11.9. The van der Waals surface area contributed by atoms with Gasteiger partial charge in [-0.3, -0.25) is 9.59 Å². The largest absolute Gasteiger partial charge is 0.481 e. The molecule has 0 radical (unpaired) electrons. The van der Waals surface area contributed by atoms with E-state index in [4.69, 9.17) is 5.11 Å². The van der Waals surface area contributed by atoms with Crippen LogP contribution in [0.1, 0.15) is 26.7 Å². The van der Waals surface area contributed by atoms with Gasteiger partial charge in [-0.25, -0.2) is 4.79 Å². The first-order valence-electron chi connectivity index (χ1n) is 6.75. The van der Waals surface area contributed by atoms with Crippen LogP contribution in [-0.4, -0.2) is 54.6 Å². The van der Waals surface area contributed by atoms with E-state index in [0.717, 1.165) is 0 Å². The van der Waals surface area contributed by atoms with Crippen molar-refractivity contribution < 1.29 is 19.5 Å². The van der Waals surface area contributed by atoms with Crippen molar-refractivity contribution in [1.82, 2.24) is 15.5 Å². The number of nitrogens with one attached hydrogen (secondary N) is 2. The zero-order valence-corrected chi connectivity index (χ0v) is 12.2. The van der Waals surface area contributed by atoms with Crippen molar-refractivity contribution in [2.24, 2.45) is 11.3 Å². The zero-order valence-electron chi connectivity index (χ0n) is 12.2. The van der Waals surface area contributed by atoms with Crippen LogP contribution >= 0.6 is 0 Å². The molecule has 0 aromatic rings. The number of piperidine rings is 1. The van der Waals surface area contributed by atoms with Crippen molar-refractivity contribution in [2.45, 2.75) is 26.7 Å². The molecule has 0 aromatic heterocycles. The molecule has 7 nitrogen and oxygen atoms in total. The van der Waals surface area contributed by atoms with E-state index in [1.165, 1.54) is 0 Å². The Bertz CT molecular complexity index is 387. The molecule has 1 heterocycles. The average molecular weight is 285 g/mol. The molecule has 1 aliphatic rings. The van der Waals surface area contributed by atoms with Gasteiger partial charge in [-0.05, 0) is 26.7 Å². The molecule has 7 heteroatoms. The molecular weight excluding hydrogens is 262 g/mol. The van der Waals surface area contributed by atoms with Crippen molar-refractivity contribution in [3.05, 3.63) is 0 Å². The molecule has 3 amide bonds. The molecule has 0 aromatic carbocycles. The fourth-order valence-corrected chi connectivity index (χ4v) is 2.03. The predicted octanol–water partition coefficient (Wildman–Crippen LogP) is 0.265. The lowest BCUT2D eigenvalue weighted by Crippen LogP contribution is -2.49. The molecule has 1 aliphatic heterocycles. The van der Waals surface area contributed by atoms with Gasteiger partial charge < -0.3 is 20.6 Å². The number of carbonyl (C=O) groups is 3. The van der Waals surface area contributed by atoms with E-state index in [1.54, 1.807) is 25.8 Å². The summed E-state index contributed by atoms with van der Waals surface area (Å²) >= 11 is 0. The van der Waals surface area contributed by atoms with Gasteiger partial charge >= 0.3 is 12.0 Å². The number of likely N-dealkylation sites (tertiary alicyclic amines) is 1. The quantitative estimate of drug-likeness (QED) is 0.690. The number of carbonyl (C=O) groups excluding carboxylic acids is 2. The lowest BCUT2D eigenvalue weighted by Gasteiger charge is -2.32. The summed E-state index contributed by atoms with van der Waals surface area (Å²) in [5.74, 6) is -0.979. The van der Waals surface area contributed by atoms with Crippen LogP contribution in [0, 0.1) is 11.3 Å². The van der Waals surface area contributed by atoms with E-state index in [0.29, 0.717) is 25.9 Å². The number of hydrogen-bond donors (Lipinski definition) is 3. The highest BCUT2D eigenvalue weighted by Gasteiger charge is 2.30. The van der Waals surface area contributed by atoms with Crippen molar-refractivity contribution in [1.29, 1.82) is 0 Å². The van der Waals surface area contributed by atoms with Gasteiger partial charge in [0.05, 0.1) is 5.41 Å². The van der Waals surface area contributed by atoms with Gasteiger partial charge in [0, 0.05) is 32.6 Å². The van der Waals surface area contributed by atoms with Crippen molar-refractivity contribution in [3.8, 4) is 0 Å². The summed E-state index contributed by atoms with van der Waals surface area (Å²) in [6.07, 6.45) is 1.27. The summed E-state index contributed by atoms with van der Waals surface area (Å²) in [4.78, 5) is 36.0. The number of amides is 3. The third kappa shape index (κ3) is 4.11. The Morgan fingerprint density at radius 1 is 1.25 bits per heavy atom. The lowest BCUT2D eigenvalue weighted by atomic mass is 9.94. The van der Waals surface area contributed by atoms with Gasteiger partial charge in [-0.1, -0.05) is 0 Å². The van der Waals surface area contributed by atoms with Crippen molar-refractivity contribution >= 4 is 17.9 Å². The van der Waals surface area contributed by atoms with Crippen LogP contribution < -0.4 is 10.6 Å². The highest BCUT2D eigenvalue weighted by Crippen LogP contribution is 2.18. The summed E-state index contributed by atoms with van der Waals surface area (Å²) in [5.41, 5.74) is -0.990. The second-order valence-electron chi connectivity index (χ2n) is 5.72. The Morgan fingerprint density at radius 3 is 2.25 bits per heavy atom. The van der Waals surface area contributed by atoms with Gasteiger partial charge in [0.15, 0.2) is 0 Å². The van der Waals surface area contributed by atoms with Gasteiger partial charge in [-0.15, -0.1) is 0 Å². The number of aliphatic carboxylic acids is 1. The van der Waals surface area contributed by atoms with Crippen LogP contribution in [0.15, 0.2) is 0 Å². The molecule has 0 saturated carbocycles. The smallest absolute Gasteiger partial charge is 0.317 e. The molecule has 1 fully saturated rings. The Balaban J connectivity index is 2.40. The standard InChI is InChI=1S/C13H23N3O4/c1-13(2,11(18)19)8-15-12(20)16-6-4-9(5-7-16)10(17)14-3/h9H,4-8H2,1-3H3,(H,14,17)(H,15,20)(H,18,19). The molecule has 0 unspecified atom stereocenters. The fourth-order valence-electron chi connectivity index (χ4n) is 2.03. The summed E-state index contributed by atoms with van der Waals surface area (Å²) in [6.45, 7) is 4.23. The first-order chi connectivity index (χ1) is 9.27. The summed E-state index contributed by atoms with van der Waals surface area (Å²) in [5, 5.41) is 14.2. The molecule has 0 aliphatic carbocycles. The number of urea groups is 1. The third-order valence-electron chi connectivity index (χ3n) is 3.66. The van der Waals surface area contributed by atoms with Crippen molar-refractivity contribution in [2.75, 3.05) is 26.7 Å². The number of rotatable bonds is 4. The van der Waals surface area contributed by atoms with Crippen LogP contribution in [-0.2, 0) is 9.59 Å². The maximum Gasteiger partial charge on any atom is 0.317 e. The summed E-state index contributed by atoms with van der Waals surface area (Å²) in [7, 11) is 1.61. The molecule has 0 atom stereocenters. The van der Waals surface area contributed by atoms with Gasteiger partial charge in [0.1, 0.15) is 0 Å². The minimum absolute atomic E-state index is 0.0112. The van der Waals surface area contributed by atoms with E-state index in [-0.39, 0.29) is 24.4 Å². The molecule has 1 rings (SSSR count). The molecule has 114 valence electrons. The zero-order chi connectivity index (χ0) is 15.3. The normalized spacial score (nSPS) is 16.6. The predicted molar refractivity (Wildman–Crippen MR) is 73.2 cm³/mol. The second kappa shape index (κ2) is 6.58. The van der Waals surface area contributed by atoms with Crippen LogP contribution in [0.5, 0.6) is 0 Å². The van der Waals surface area contributed by atoms with Gasteiger partial charge in [0.25, 0.3) is 0 Å². The average Bonchev–Trinajstić information content (AvgIpc) is 2.44. The minimum Gasteiger partial charge on any atom is -0.481 e. The highest BCUT2D eigenvalue weighted by atomic mass is 16.4. The molecule has 3 N–H and O–H groups in total. The number of hydrogen-bond acceptors (Lipinski definition) is 3. The van der Waals surface area contributed by atoms with Gasteiger partial charge in [0.2, 0.25) is 5.91 Å². The Labute approximate surface area is 118 Å². The topological polar surface area (TPSA) is 98.7 Å². The second-order valence-corrected chi connectivity index (χ2v) is 5.72. The third-order valence-corrected chi connectivity index (χ3v) is 3.66. The van der Waals surface area contributed by atoms with Crippen LogP contribution in [0.25, 0.3) is 0 Å². The molecule has 1 saturated heterocycles. The van der Waals surface area contributed by atoms with Crippen LogP contribution in [0.3, 0.4) is 0 Å². The highest BCUT2D eigenvalue weighted by molar-refractivity contribution is 5.80.